The van der Waals surface area contributed by atoms with E-state index in [4.69, 9.17) is 34.0 Å². The van der Waals surface area contributed by atoms with Gasteiger partial charge < -0.3 is 24.4 Å². The van der Waals surface area contributed by atoms with Crippen LogP contribution in [0.3, 0.4) is 0 Å². The molecule has 3 atom stereocenters. The molecule has 0 saturated carbocycles. The van der Waals surface area contributed by atoms with Gasteiger partial charge >= 0.3 is 24.3 Å². The Labute approximate surface area is 214 Å². The Morgan fingerprint density at radius 2 is 1.61 bits per heavy atom. The monoisotopic (exact) mass is 561 g/mol. The molecule has 38 heavy (non-hydrogen) atoms. The Morgan fingerprint density at radius 1 is 1.03 bits per heavy atom. The number of hydrogen-bond donors (Lipinski definition) is 2. The van der Waals surface area contributed by atoms with Crippen molar-refractivity contribution < 1.29 is 60.4 Å². The molecule has 1 aromatic rings. The molecule has 4 heterocycles. The van der Waals surface area contributed by atoms with Crippen molar-refractivity contribution in [3.63, 3.8) is 0 Å². The highest BCUT2D eigenvalue weighted by atomic mass is 19.4. The number of alkyl halides is 6. The van der Waals surface area contributed by atoms with Gasteiger partial charge in [0.05, 0.1) is 33.5 Å². The molecule has 0 unspecified atom stereocenters. The quantitative estimate of drug-likeness (QED) is 0.529. The maximum absolute atomic E-state index is 10.6. The van der Waals surface area contributed by atoms with E-state index in [0.29, 0.717) is 17.9 Å². The topological polar surface area (TPSA) is 122 Å². The van der Waals surface area contributed by atoms with Gasteiger partial charge in [-0.3, -0.25) is 9.80 Å². The lowest BCUT2D eigenvalue weighted by atomic mass is 9.86. The Balaban J connectivity index is 0.000000301. The fourth-order valence-electron chi connectivity index (χ4n) is 4.45. The zero-order chi connectivity index (χ0) is 28.5. The standard InChI is InChI=1S/C18H27N3O3.2C2HF3O2/c1-22-18-14(3-2-4-19-18)9-20-10-15-12-24-13-17(16(15)11-20)21-5-7-23-8-6-21;2*3-2(4,5)1(6)7/h2-4,15-17H,5-13H2,1H3;2*(H,6,7)/t15-,16-,17-;;/m1../s1. The fraction of sp³-hybridized carbons (Fsp3) is 0.682. The van der Waals surface area contributed by atoms with Crippen LogP contribution in [-0.4, -0.2) is 115 Å². The molecule has 10 nitrogen and oxygen atoms in total. The number of nitrogens with zero attached hydrogens (tertiary/aromatic N) is 3. The fourth-order valence-corrected chi connectivity index (χ4v) is 4.45. The summed E-state index contributed by atoms with van der Waals surface area (Å²) in [5.41, 5.74) is 1.17. The van der Waals surface area contributed by atoms with Crippen molar-refractivity contribution in [1.82, 2.24) is 14.8 Å². The van der Waals surface area contributed by atoms with Crippen LogP contribution in [0.25, 0.3) is 0 Å². The Hall–Kier alpha value is -2.69. The predicted octanol–water partition coefficient (Wildman–Crippen LogP) is 2.14. The molecule has 0 amide bonds. The second kappa shape index (κ2) is 13.9. The molecule has 4 rings (SSSR count). The van der Waals surface area contributed by atoms with E-state index in [-0.39, 0.29) is 0 Å². The molecular formula is C22H29F6N3O7. The normalized spacial score (nSPS) is 24.2. The van der Waals surface area contributed by atoms with E-state index >= 15 is 0 Å². The average Bonchev–Trinajstić information content (AvgIpc) is 3.27. The number of rotatable bonds is 4. The van der Waals surface area contributed by atoms with E-state index in [1.807, 2.05) is 6.07 Å². The molecule has 2 N–H and O–H groups in total. The first-order valence-electron chi connectivity index (χ1n) is 11.4. The number of carboxylic acid groups (broad SMARTS) is 2. The molecule has 216 valence electrons. The second-order valence-corrected chi connectivity index (χ2v) is 8.65. The Bertz CT molecular complexity index is 888. The van der Waals surface area contributed by atoms with Crippen molar-refractivity contribution in [2.24, 2.45) is 11.8 Å². The summed E-state index contributed by atoms with van der Waals surface area (Å²) in [7, 11) is 1.69. The SMILES string of the molecule is COc1ncccc1CN1C[C@@H]2COC[C@@H](N3CCOCC3)[C@@H]2C1.O=C(O)C(F)(F)F.O=C(O)C(F)(F)F. The van der Waals surface area contributed by atoms with Gasteiger partial charge in [-0.1, -0.05) is 6.07 Å². The molecule has 3 aliphatic heterocycles. The molecular weight excluding hydrogens is 532 g/mol. The third-order valence-electron chi connectivity index (χ3n) is 6.12. The van der Waals surface area contributed by atoms with E-state index < -0.39 is 24.3 Å². The highest BCUT2D eigenvalue weighted by molar-refractivity contribution is 5.73. The average molecular weight is 561 g/mol. The molecule has 3 fully saturated rings. The highest BCUT2D eigenvalue weighted by Gasteiger charge is 2.43. The van der Waals surface area contributed by atoms with Gasteiger partial charge in [-0.2, -0.15) is 26.3 Å². The lowest BCUT2D eigenvalue weighted by molar-refractivity contribution is -0.193. The van der Waals surface area contributed by atoms with Gasteiger partial charge in [0, 0.05) is 56.4 Å². The van der Waals surface area contributed by atoms with Crippen LogP contribution >= 0.6 is 0 Å². The first-order valence-corrected chi connectivity index (χ1v) is 11.4. The largest absolute Gasteiger partial charge is 0.490 e. The number of carbonyl (C=O) groups is 2. The molecule has 3 saturated heterocycles. The molecule has 0 aliphatic carbocycles. The number of carboxylic acids is 2. The van der Waals surface area contributed by atoms with Gasteiger partial charge in [0.15, 0.2) is 0 Å². The van der Waals surface area contributed by atoms with Crippen LogP contribution in [0.4, 0.5) is 26.3 Å². The molecule has 0 spiro atoms. The van der Waals surface area contributed by atoms with E-state index in [9.17, 15) is 26.3 Å². The molecule has 16 heteroatoms. The summed E-state index contributed by atoms with van der Waals surface area (Å²) in [6.07, 6.45) is -8.38. The molecule has 1 aromatic heterocycles. The number of aliphatic carboxylic acids is 2. The van der Waals surface area contributed by atoms with Gasteiger partial charge in [-0.25, -0.2) is 14.6 Å². The zero-order valence-corrected chi connectivity index (χ0v) is 20.4. The minimum Gasteiger partial charge on any atom is -0.481 e. The summed E-state index contributed by atoms with van der Waals surface area (Å²) in [4.78, 5) is 27.2. The smallest absolute Gasteiger partial charge is 0.481 e. The van der Waals surface area contributed by atoms with Crippen LogP contribution in [0.5, 0.6) is 5.88 Å². The van der Waals surface area contributed by atoms with Crippen LogP contribution in [0.15, 0.2) is 18.3 Å². The number of hydrogen-bond acceptors (Lipinski definition) is 8. The molecule has 0 radical (unpaired) electrons. The summed E-state index contributed by atoms with van der Waals surface area (Å²) in [6.45, 7) is 8.67. The number of fused-ring (bicyclic) bond motifs is 1. The lowest BCUT2D eigenvalue weighted by Crippen LogP contribution is -2.53. The highest BCUT2D eigenvalue weighted by Crippen LogP contribution is 2.34. The van der Waals surface area contributed by atoms with Gasteiger partial charge in [0.2, 0.25) is 5.88 Å². The summed E-state index contributed by atoms with van der Waals surface area (Å²) in [5.74, 6) is -3.44. The van der Waals surface area contributed by atoms with E-state index in [2.05, 4.69) is 20.9 Å². The van der Waals surface area contributed by atoms with E-state index in [0.717, 1.165) is 65.0 Å². The van der Waals surface area contributed by atoms with E-state index in [1.54, 1.807) is 13.3 Å². The van der Waals surface area contributed by atoms with Crippen LogP contribution in [0.2, 0.25) is 0 Å². The Kier molecular flexibility index (Phi) is 11.5. The van der Waals surface area contributed by atoms with Crippen molar-refractivity contribution in [3.8, 4) is 5.88 Å². The first kappa shape index (κ1) is 31.5. The Morgan fingerprint density at radius 3 is 2.13 bits per heavy atom. The molecule has 3 aliphatic rings. The third-order valence-corrected chi connectivity index (χ3v) is 6.12. The number of likely N-dealkylation sites (tertiary alicyclic amines) is 1. The summed E-state index contributed by atoms with van der Waals surface area (Å²) in [5, 5.41) is 14.2. The third kappa shape index (κ3) is 9.56. The van der Waals surface area contributed by atoms with Crippen LogP contribution in [-0.2, 0) is 25.6 Å². The van der Waals surface area contributed by atoms with Gasteiger partial charge in [0.1, 0.15) is 0 Å². The number of ether oxygens (including phenoxy) is 3. The first-order chi connectivity index (χ1) is 17.7. The number of pyridine rings is 1. The number of halogens is 6. The summed E-state index contributed by atoms with van der Waals surface area (Å²) in [6, 6.07) is 4.64. The van der Waals surface area contributed by atoms with E-state index in [1.165, 1.54) is 5.56 Å². The van der Waals surface area contributed by atoms with Gasteiger partial charge in [0.25, 0.3) is 0 Å². The van der Waals surface area contributed by atoms with Crippen molar-refractivity contribution in [2.45, 2.75) is 24.9 Å². The van der Waals surface area contributed by atoms with Crippen LogP contribution in [0.1, 0.15) is 5.56 Å². The van der Waals surface area contributed by atoms with Gasteiger partial charge in [-0.05, 0) is 12.0 Å². The number of methoxy groups -OCH3 is 1. The van der Waals surface area contributed by atoms with Crippen molar-refractivity contribution in [3.05, 3.63) is 23.9 Å². The van der Waals surface area contributed by atoms with Crippen molar-refractivity contribution in [1.29, 1.82) is 0 Å². The molecule has 0 bridgehead atoms. The maximum atomic E-state index is 10.6. The maximum Gasteiger partial charge on any atom is 0.490 e. The minimum absolute atomic E-state index is 0.536. The summed E-state index contributed by atoms with van der Waals surface area (Å²) < 4.78 is 80.3. The van der Waals surface area contributed by atoms with Gasteiger partial charge in [-0.15, -0.1) is 0 Å². The predicted molar refractivity (Wildman–Crippen MR) is 117 cm³/mol. The van der Waals surface area contributed by atoms with Crippen LogP contribution < -0.4 is 4.74 Å². The number of aromatic nitrogens is 1. The zero-order valence-electron chi connectivity index (χ0n) is 20.4. The lowest BCUT2D eigenvalue weighted by Gasteiger charge is -2.42. The summed E-state index contributed by atoms with van der Waals surface area (Å²) >= 11 is 0. The van der Waals surface area contributed by atoms with Crippen molar-refractivity contribution >= 4 is 11.9 Å². The second-order valence-electron chi connectivity index (χ2n) is 8.65. The number of morpholine rings is 1. The van der Waals surface area contributed by atoms with Crippen molar-refractivity contribution in [2.75, 3.05) is 59.7 Å². The molecule has 0 aromatic carbocycles. The van der Waals surface area contributed by atoms with Crippen LogP contribution in [0, 0.1) is 11.8 Å². The minimum atomic E-state index is -5.08.